The fourth-order valence-electron chi connectivity index (χ4n) is 1.54. The third kappa shape index (κ3) is 1.95. The van der Waals surface area contributed by atoms with E-state index in [4.69, 9.17) is 0 Å². The second-order valence-electron chi connectivity index (χ2n) is 3.33. The van der Waals surface area contributed by atoms with Crippen LogP contribution in [-0.4, -0.2) is 30.4 Å². The van der Waals surface area contributed by atoms with Gasteiger partial charge in [0.1, 0.15) is 5.84 Å². The van der Waals surface area contributed by atoms with Crippen LogP contribution in [0.2, 0.25) is 0 Å². The van der Waals surface area contributed by atoms with Gasteiger partial charge in [0, 0.05) is 25.6 Å². The minimum absolute atomic E-state index is 0.593. The molecule has 1 aliphatic rings. The number of aliphatic imine (C=N–C) groups is 1. The Kier molecular flexibility index (Phi) is 2.92. The summed E-state index contributed by atoms with van der Waals surface area (Å²) in [4.78, 5) is 6.91. The molecule has 0 aromatic heterocycles. The van der Waals surface area contributed by atoms with E-state index in [1.807, 2.05) is 0 Å². The predicted molar refractivity (Wildman–Crippen MR) is 49.0 cm³/mol. The van der Waals surface area contributed by atoms with Crippen LogP contribution in [0.25, 0.3) is 0 Å². The van der Waals surface area contributed by atoms with E-state index in [0.717, 1.165) is 13.1 Å². The van der Waals surface area contributed by atoms with E-state index in [1.165, 1.54) is 18.8 Å². The van der Waals surface area contributed by atoms with Crippen molar-refractivity contribution in [2.45, 2.75) is 27.2 Å². The van der Waals surface area contributed by atoms with Crippen molar-refractivity contribution >= 4 is 5.84 Å². The van der Waals surface area contributed by atoms with Gasteiger partial charge >= 0.3 is 0 Å². The smallest absolute Gasteiger partial charge is 0.101 e. The van der Waals surface area contributed by atoms with Gasteiger partial charge in [-0.2, -0.15) is 0 Å². The number of amidine groups is 1. The van der Waals surface area contributed by atoms with Crippen LogP contribution in [0.3, 0.4) is 0 Å². The molecule has 0 aromatic carbocycles. The Hall–Kier alpha value is -0.530. The molecule has 0 saturated heterocycles. The largest absolute Gasteiger partial charge is 0.360 e. The highest BCUT2D eigenvalue weighted by Crippen LogP contribution is 2.09. The lowest BCUT2D eigenvalue weighted by atomic mass is 10.1. The molecule has 0 N–H and O–H groups in total. The molecule has 0 unspecified atom stereocenters. The summed E-state index contributed by atoms with van der Waals surface area (Å²) in [7, 11) is 0. The highest BCUT2D eigenvalue weighted by atomic mass is 15.2. The Morgan fingerprint density at radius 3 is 2.73 bits per heavy atom. The summed E-state index contributed by atoms with van der Waals surface area (Å²) < 4.78 is 0. The zero-order chi connectivity index (χ0) is 8.27. The first kappa shape index (κ1) is 8.57. The van der Waals surface area contributed by atoms with Crippen molar-refractivity contribution in [2.75, 3.05) is 19.6 Å². The highest BCUT2D eigenvalue weighted by molar-refractivity contribution is 5.84. The molecule has 0 aromatic rings. The summed E-state index contributed by atoms with van der Waals surface area (Å²) in [5, 5.41) is 0. The molecule has 1 rings (SSSR count). The average molecular weight is 154 g/mol. The fourth-order valence-corrected chi connectivity index (χ4v) is 1.54. The van der Waals surface area contributed by atoms with E-state index in [-0.39, 0.29) is 0 Å². The minimum Gasteiger partial charge on any atom is -0.360 e. The third-order valence-corrected chi connectivity index (χ3v) is 2.08. The van der Waals surface area contributed by atoms with Crippen LogP contribution in [0.4, 0.5) is 0 Å². The van der Waals surface area contributed by atoms with Crippen molar-refractivity contribution in [1.82, 2.24) is 4.90 Å². The van der Waals surface area contributed by atoms with Crippen LogP contribution in [-0.2, 0) is 0 Å². The molecule has 0 atom stereocenters. The second-order valence-corrected chi connectivity index (χ2v) is 3.33. The lowest BCUT2D eigenvalue weighted by Crippen LogP contribution is -2.38. The number of hydrogen-bond acceptors (Lipinski definition) is 2. The Balaban J connectivity index is 2.63. The predicted octanol–water partition coefficient (Wildman–Crippen LogP) is 1.77. The summed E-state index contributed by atoms with van der Waals surface area (Å²) >= 11 is 0. The molecular weight excluding hydrogens is 136 g/mol. The molecule has 2 heteroatoms. The van der Waals surface area contributed by atoms with Crippen molar-refractivity contribution in [3.05, 3.63) is 0 Å². The average Bonchev–Trinajstić information content (AvgIpc) is 2.04. The van der Waals surface area contributed by atoms with Crippen molar-refractivity contribution in [3.8, 4) is 0 Å². The maximum Gasteiger partial charge on any atom is 0.101 e. The van der Waals surface area contributed by atoms with E-state index in [2.05, 4.69) is 30.7 Å². The van der Waals surface area contributed by atoms with Gasteiger partial charge in [-0.05, 0) is 13.3 Å². The van der Waals surface area contributed by atoms with Crippen molar-refractivity contribution in [2.24, 2.45) is 10.9 Å². The van der Waals surface area contributed by atoms with Gasteiger partial charge in [0.05, 0.1) is 0 Å². The van der Waals surface area contributed by atoms with Crippen molar-refractivity contribution in [3.63, 3.8) is 0 Å². The lowest BCUT2D eigenvalue weighted by Gasteiger charge is -2.30. The van der Waals surface area contributed by atoms with Gasteiger partial charge in [-0.3, -0.25) is 4.99 Å². The maximum atomic E-state index is 4.52. The van der Waals surface area contributed by atoms with Gasteiger partial charge in [0.15, 0.2) is 0 Å². The van der Waals surface area contributed by atoms with Crippen molar-refractivity contribution < 1.29 is 0 Å². The number of nitrogens with zero attached hydrogens (tertiary/aromatic N) is 2. The van der Waals surface area contributed by atoms with E-state index in [9.17, 15) is 0 Å². The van der Waals surface area contributed by atoms with Crippen molar-refractivity contribution in [1.29, 1.82) is 0 Å². The van der Waals surface area contributed by atoms with Crippen LogP contribution in [0.15, 0.2) is 4.99 Å². The molecule has 0 saturated carbocycles. The summed E-state index contributed by atoms with van der Waals surface area (Å²) in [5.74, 6) is 1.90. The summed E-state index contributed by atoms with van der Waals surface area (Å²) in [6.07, 6.45) is 1.23. The molecule has 0 spiro atoms. The second kappa shape index (κ2) is 3.74. The molecule has 0 aliphatic carbocycles. The lowest BCUT2D eigenvalue weighted by molar-refractivity contribution is 0.392. The molecule has 0 bridgehead atoms. The van der Waals surface area contributed by atoms with E-state index >= 15 is 0 Å². The van der Waals surface area contributed by atoms with Gasteiger partial charge in [0.2, 0.25) is 0 Å². The Labute approximate surface area is 69.3 Å². The van der Waals surface area contributed by atoms with Gasteiger partial charge < -0.3 is 4.90 Å². The van der Waals surface area contributed by atoms with Gasteiger partial charge in [-0.25, -0.2) is 0 Å². The molecule has 2 nitrogen and oxygen atoms in total. The monoisotopic (exact) mass is 154 g/mol. The fraction of sp³-hybridized carbons (Fsp3) is 0.889. The van der Waals surface area contributed by atoms with Gasteiger partial charge in [-0.1, -0.05) is 13.8 Å². The molecule has 11 heavy (non-hydrogen) atoms. The highest BCUT2D eigenvalue weighted by Gasteiger charge is 2.15. The van der Waals surface area contributed by atoms with E-state index < -0.39 is 0 Å². The molecule has 64 valence electrons. The number of rotatable bonds is 2. The summed E-state index contributed by atoms with van der Waals surface area (Å²) in [5.41, 5.74) is 0. The SMILES string of the molecule is CCN1CCCN=C1C(C)C. The van der Waals surface area contributed by atoms with Crippen LogP contribution in [0.1, 0.15) is 27.2 Å². The minimum atomic E-state index is 0.593. The van der Waals surface area contributed by atoms with E-state index in [0.29, 0.717) is 5.92 Å². The van der Waals surface area contributed by atoms with Crippen LogP contribution in [0, 0.1) is 5.92 Å². The standard InChI is InChI=1S/C9H18N2/c1-4-11-7-5-6-10-9(11)8(2)3/h8H,4-7H2,1-3H3. The van der Waals surface area contributed by atoms with Crippen LogP contribution in [0.5, 0.6) is 0 Å². The first-order valence-corrected chi connectivity index (χ1v) is 4.55. The van der Waals surface area contributed by atoms with Crippen LogP contribution >= 0.6 is 0 Å². The van der Waals surface area contributed by atoms with Gasteiger partial charge in [0.25, 0.3) is 0 Å². The van der Waals surface area contributed by atoms with Gasteiger partial charge in [-0.15, -0.1) is 0 Å². The topological polar surface area (TPSA) is 15.6 Å². The Morgan fingerprint density at radius 1 is 1.55 bits per heavy atom. The first-order chi connectivity index (χ1) is 5.25. The Bertz CT molecular complexity index is 150. The summed E-state index contributed by atoms with van der Waals surface area (Å²) in [6.45, 7) is 9.97. The molecular formula is C9H18N2. The van der Waals surface area contributed by atoms with Crippen LogP contribution < -0.4 is 0 Å². The molecule has 1 aliphatic heterocycles. The first-order valence-electron chi connectivity index (χ1n) is 4.55. The molecule has 0 radical (unpaired) electrons. The number of hydrogen-bond donors (Lipinski definition) is 0. The third-order valence-electron chi connectivity index (χ3n) is 2.08. The summed E-state index contributed by atoms with van der Waals surface area (Å²) in [6, 6.07) is 0. The zero-order valence-corrected chi connectivity index (χ0v) is 7.80. The molecule has 0 fully saturated rings. The molecule has 0 amide bonds. The zero-order valence-electron chi connectivity index (χ0n) is 7.80. The Morgan fingerprint density at radius 2 is 2.27 bits per heavy atom. The van der Waals surface area contributed by atoms with E-state index in [1.54, 1.807) is 0 Å². The molecule has 1 heterocycles. The normalized spacial score (nSPS) is 18.9. The maximum absolute atomic E-state index is 4.52. The quantitative estimate of drug-likeness (QED) is 0.592.